The summed E-state index contributed by atoms with van der Waals surface area (Å²) in [7, 11) is 0. The quantitative estimate of drug-likeness (QED) is 0.635. The molecule has 1 aliphatic carbocycles. The molecule has 8 heteroatoms. The van der Waals surface area contributed by atoms with E-state index in [2.05, 4.69) is 33.4 Å². The van der Waals surface area contributed by atoms with Crippen molar-refractivity contribution in [3.63, 3.8) is 0 Å². The molecule has 35 heavy (non-hydrogen) atoms. The van der Waals surface area contributed by atoms with Crippen molar-refractivity contribution in [3.8, 4) is 11.5 Å². The largest absolute Gasteiger partial charge is 0.490 e. The maximum absolute atomic E-state index is 12.4. The van der Waals surface area contributed by atoms with Crippen LogP contribution in [0.5, 0.6) is 11.5 Å². The van der Waals surface area contributed by atoms with Gasteiger partial charge >= 0.3 is 0 Å². The van der Waals surface area contributed by atoms with Crippen molar-refractivity contribution in [2.75, 3.05) is 43.0 Å². The number of fused-ring (bicyclic) bond motifs is 1. The Morgan fingerprint density at radius 1 is 1.17 bits per heavy atom. The second-order valence-electron chi connectivity index (χ2n) is 9.67. The summed E-state index contributed by atoms with van der Waals surface area (Å²) in [4.78, 5) is 29.3. The molecule has 3 aliphatic rings. The number of nitrogens with one attached hydrogen (secondary N) is 2. The smallest absolute Gasteiger partial charge is 0.265 e. The van der Waals surface area contributed by atoms with E-state index in [9.17, 15) is 9.59 Å². The molecule has 2 fully saturated rings. The van der Waals surface area contributed by atoms with E-state index in [0.717, 1.165) is 62.3 Å². The van der Waals surface area contributed by atoms with E-state index >= 15 is 0 Å². The molecule has 5 rings (SSSR count). The zero-order chi connectivity index (χ0) is 24.5. The highest BCUT2D eigenvalue weighted by atomic mass is 16.5. The highest BCUT2D eigenvalue weighted by molar-refractivity contribution is 5.98. The highest BCUT2D eigenvalue weighted by Gasteiger charge is 2.28. The number of amides is 2. The van der Waals surface area contributed by atoms with Crippen LogP contribution in [0.15, 0.2) is 30.3 Å². The highest BCUT2D eigenvalue weighted by Crippen LogP contribution is 2.40. The number of carbonyl (C=O) groups is 2. The Morgan fingerprint density at radius 3 is 2.63 bits per heavy atom. The van der Waals surface area contributed by atoms with Crippen LogP contribution in [0.3, 0.4) is 0 Å². The monoisotopic (exact) mass is 478 g/mol. The molecule has 8 nitrogen and oxygen atoms in total. The summed E-state index contributed by atoms with van der Waals surface area (Å²) in [5.74, 6) is 1.17. The number of anilines is 2. The summed E-state index contributed by atoms with van der Waals surface area (Å²) in [6, 6.07) is 10.4. The second-order valence-corrected chi connectivity index (χ2v) is 9.67. The topological polar surface area (TPSA) is 83.1 Å². The van der Waals surface area contributed by atoms with Gasteiger partial charge in [0.05, 0.1) is 12.3 Å². The summed E-state index contributed by atoms with van der Waals surface area (Å²) in [6.45, 7) is 10.7. The molecule has 2 aliphatic heterocycles. The van der Waals surface area contributed by atoms with Crippen LogP contribution in [-0.4, -0.2) is 61.6 Å². The minimum absolute atomic E-state index is 0.0273. The Bertz CT molecular complexity index is 1120. The van der Waals surface area contributed by atoms with Gasteiger partial charge in [-0.2, -0.15) is 0 Å². The lowest BCUT2D eigenvalue weighted by atomic mass is 10.1. The molecule has 2 amide bonds. The van der Waals surface area contributed by atoms with Crippen LogP contribution in [0.4, 0.5) is 11.4 Å². The van der Waals surface area contributed by atoms with E-state index in [1.54, 1.807) is 6.92 Å². The first-order valence-corrected chi connectivity index (χ1v) is 12.6. The van der Waals surface area contributed by atoms with E-state index in [-0.39, 0.29) is 11.8 Å². The number of carbonyl (C=O) groups excluding carboxylic acids is 2. The molecule has 0 spiro atoms. The predicted octanol–water partition coefficient (Wildman–Crippen LogP) is 3.33. The molecule has 2 aromatic carbocycles. The maximum atomic E-state index is 12.4. The molecule has 0 bridgehead atoms. The molecule has 1 unspecified atom stereocenters. The van der Waals surface area contributed by atoms with Gasteiger partial charge in [0.25, 0.3) is 11.8 Å². The molecule has 0 aromatic heterocycles. The molecule has 2 aromatic rings. The Hall–Kier alpha value is -3.26. The number of hydrogen-bond donors (Lipinski definition) is 2. The summed E-state index contributed by atoms with van der Waals surface area (Å²) < 4.78 is 11.6. The van der Waals surface area contributed by atoms with Crippen LogP contribution in [0.2, 0.25) is 0 Å². The lowest BCUT2D eigenvalue weighted by Crippen LogP contribution is -2.46. The molecular formula is C27H34N4O4. The first-order chi connectivity index (χ1) is 16.9. The van der Waals surface area contributed by atoms with Gasteiger partial charge in [0.1, 0.15) is 0 Å². The zero-order valence-electron chi connectivity index (χ0n) is 20.7. The Labute approximate surface area is 206 Å². The van der Waals surface area contributed by atoms with Gasteiger partial charge in [-0.3, -0.25) is 14.5 Å². The first kappa shape index (κ1) is 23.5. The normalized spacial score (nSPS) is 20.0. The van der Waals surface area contributed by atoms with E-state index in [1.807, 2.05) is 31.2 Å². The third kappa shape index (κ3) is 5.22. The fraction of sp³-hybridized carbons (Fsp3) is 0.481. The summed E-state index contributed by atoms with van der Waals surface area (Å²) in [6.07, 6.45) is 1.64. The number of benzene rings is 2. The Balaban J connectivity index is 1.22. The van der Waals surface area contributed by atoms with Gasteiger partial charge in [-0.05, 0) is 75.1 Å². The van der Waals surface area contributed by atoms with Crippen molar-refractivity contribution in [1.29, 1.82) is 0 Å². The van der Waals surface area contributed by atoms with Crippen LogP contribution in [0.25, 0.3) is 0 Å². The first-order valence-electron chi connectivity index (χ1n) is 12.6. The fourth-order valence-electron chi connectivity index (χ4n) is 4.75. The van der Waals surface area contributed by atoms with E-state index in [1.165, 1.54) is 5.69 Å². The van der Waals surface area contributed by atoms with Gasteiger partial charge in [0, 0.05) is 50.0 Å². The molecule has 2 N–H and O–H groups in total. The van der Waals surface area contributed by atoms with Crippen LogP contribution in [0, 0.1) is 6.92 Å². The standard InChI is InChI=1S/C27H34N4O4/c1-4-34-24-15-19(14-22-25(24)35-18(3)26(32)29-22)16-30-9-11-31(12-10-30)23-8-5-20(13-17(23)2)27(33)28-21-6-7-21/h5,8,13-15,18,21H,4,6-7,9-12,16H2,1-3H3,(H,28,33)(H,29,32). The number of nitrogens with zero attached hydrogens (tertiary/aromatic N) is 2. The summed E-state index contributed by atoms with van der Waals surface area (Å²) in [5, 5.41) is 6.01. The zero-order valence-corrected chi connectivity index (χ0v) is 20.7. The van der Waals surface area contributed by atoms with E-state index in [4.69, 9.17) is 9.47 Å². The number of hydrogen-bond acceptors (Lipinski definition) is 6. The summed E-state index contributed by atoms with van der Waals surface area (Å²) >= 11 is 0. The van der Waals surface area contributed by atoms with Crippen molar-refractivity contribution in [3.05, 3.63) is 47.0 Å². The predicted molar refractivity (Wildman–Crippen MR) is 135 cm³/mol. The second kappa shape index (κ2) is 9.77. The molecule has 2 heterocycles. The van der Waals surface area contributed by atoms with Gasteiger partial charge in [-0.25, -0.2) is 0 Å². The van der Waals surface area contributed by atoms with Crippen molar-refractivity contribution in [2.24, 2.45) is 0 Å². The number of rotatable bonds is 7. The molecule has 1 atom stereocenters. The summed E-state index contributed by atoms with van der Waals surface area (Å²) in [5.41, 5.74) is 4.81. The van der Waals surface area contributed by atoms with Gasteiger partial charge < -0.3 is 25.0 Å². The van der Waals surface area contributed by atoms with Crippen molar-refractivity contribution < 1.29 is 19.1 Å². The maximum Gasteiger partial charge on any atom is 0.265 e. The molecule has 0 radical (unpaired) electrons. The third-order valence-electron chi connectivity index (χ3n) is 6.83. The van der Waals surface area contributed by atoms with E-state index in [0.29, 0.717) is 29.8 Å². The minimum Gasteiger partial charge on any atom is -0.490 e. The van der Waals surface area contributed by atoms with Crippen molar-refractivity contribution in [1.82, 2.24) is 10.2 Å². The average Bonchev–Trinajstić information content (AvgIpc) is 3.65. The molecule has 186 valence electrons. The molecule has 1 saturated heterocycles. The number of ether oxygens (including phenoxy) is 2. The average molecular weight is 479 g/mol. The lowest BCUT2D eigenvalue weighted by molar-refractivity contribution is -0.122. The Kier molecular flexibility index (Phi) is 6.56. The van der Waals surface area contributed by atoms with Gasteiger partial charge in [-0.15, -0.1) is 0 Å². The van der Waals surface area contributed by atoms with Gasteiger partial charge in [0.2, 0.25) is 0 Å². The minimum atomic E-state index is -0.536. The number of piperazine rings is 1. The number of aryl methyl sites for hydroxylation is 1. The van der Waals surface area contributed by atoms with Crippen molar-refractivity contribution >= 4 is 23.2 Å². The molecular weight excluding hydrogens is 444 g/mol. The van der Waals surface area contributed by atoms with Crippen LogP contribution >= 0.6 is 0 Å². The van der Waals surface area contributed by atoms with Crippen LogP contribution in [0.1, 0.15) is 48.2 Å². The SMILES string of the molecule is CCOc1cc(CN2CCN(c3ccc(C(=O)NC4CC4)cc3C)CC2)cc2c1OC(C)C(=O)N2. The van der Waals surface area contributed by atoms with Crippen molar-refractivity contribution in [2.45, 2.75) is 52.3 Å². The van der Waals surface area contributed by atoms with Crippen LogP contribution in [-0.2, 0) is 11.3 Å². The van der Waals surface area contributed by atoms with Gasteiger partial charge in [0.15, 0.2) is 17.6 Å². The fourth-order valence-corrected chi connectivity index (χ4v) is 4.75. The third-order valence-corrected chi connectivity index (χ3v) is 6.83. The van der Waals surface area contributed by atoms with E-state index < -0.39 is 6.10 Å². The lowest BCUT2D eigenvalue weighted by Gasteiger charge is -2.37. The van der Waals surface area contributed by atoms with Crippen LogP contribution < -0.4 is 25.0 Å². The molecule has 1 saturated carbocycles. The Morgan fingerprint density at radius 2 is 1.94 bits per heavy atom. The van der Waals surface area contributed by atoms with Gasteiger partial charge in [-0.1, -0.05) is 0 Å².